The highest BCUT2D eigenvalue weighted by atomic mass is 32.2. The average molecular weight is 275 g/mol. The summed E-state index contributed by atoms with van der Waals surface area (Å²) in [6.07, 6.45) is 7.19. The van der Waals surface area contributed by atoms with Crippen LogP contribution in [0.2, 0.25) is 0 Å². The van der Waals surface area contributed by atoms with Gasteiger partial charge < -0.3 is 5.32 Å². The third-order valence-corrected chi connectivity index (χ3v) is 5.96. The molecule has 1 aliphatic heterocycles. The quantitative estimate of drug-likeness (QED) is 0.859. The van der Waals surface area contributed by atoms with Gasteiger partial charge in [-0.1, -0.05) is 50.8 Å². The smallest absolute Gasteiger partial charge is 0.0426 e. The highest BCUT2D eigenvalue weighted by molar-refractivity contribution is 7.99. The number of rotatable bonds is 4. The summed E-state index contributed by atoms with van der Waals surface area (Å²) < 4.78 is 0. The fraction of sp³-hybridized carbons (Fsp3) is 0.647. The minimum Gasteiger partial charge on any atom is -0.309 e. The zero-order chi connectivity index (χ0) is 13.1. The summed E-state index contributed by atoms with van der Waals surface area (Å²) in [6, 6.07) is 9.45. The Balaban J connectivity index is 1.44. The molecule has 1 atom stereocenters. The van der Waals surface area contributed by atoms with Crippen molar-refractivity contribution in [2.24, 2.45) is 11.8 Å². The number of nitrogens with one attached hydrogen (secondary N) is 1. The maximum absolute atomic E-state index is 3.78. The third kappa shape index (κ3) is 3.35. The Morgan fingerprint density at radius 1 is 1.16 bits per heavy atom. The largest absolute Gasteiger partial charge is 0.309 e. The Kier molecular flexibility index (Phi) is 4.49. The molecule has 0 amide bonds. The van der Waals surface area contributed by atoms with E-state index in [-0.39, 0.29) is 0 Å². The summed E-state index contributed by atoms with van der Waals surface area (Å²) in [5.74, 6) is 3.16. The molecule has 3 rings (SSSR count). The van der Waals surface area contributed by atoms with Crippen molar-refractivity contribution in [2.75, 3.05) is 12.3 Å². The summed E-state index contributed by atoms with van der Waals surface area (Å²) in [5.41, 5.74) is 1.52. The molecule has 1 saturated carbocycles. The van der Waals surface area contributed by atoms with Crippen molar-refractivity contribution in [1.82, 2.24) is 5.32 Å². The molecule has 1 heterocycles. The number of thioether (sulfide) groups is 1. The molecule has 1 fully saturated rings. The first kappa shape index (κ1) is 13.5. The van der Waals surface area contributed by atoms with Gasteiger partial charge in [0.25, 0.3) is 0 Å². The highest BCUT2D eigenvalue weighted by Crippen LogP contribution is 2.38. The van der Waals surface area contributed by atoms with E-state index in [2.05, 4.69) is 36.5 Å². The summed E-state index contributed by atoms with van der Waals surface area (Å²) in [5, 5.41) is 3.78. The van der Waals surface area contributed by atoms with Crippen LogP contribution in [0, 0.1) is 11.8 Å². The molecule has 19 heavy (non-hydrogen) atoms. The van der Waals surface area contributed by atoms with Gasteiger partial charge in [-0.3, -0.25) is 0 Å². The van der Waals surface area contributed by atoms with Gasteiger partial charge in [-0.25, -0.2) is 0 Å². The molecule has 0 aromatic heterocycles. The van der Waals surface area contributed by atoms with E-state index in [1.807, 2.05) is 11.8 Å². The molecule has 1 aromatic rings. The van der Waals surface area contributed by atoms with E-state index < -0.39 is 0 Å². The highest BCUT2D eigenvalue weighted by Gasteiger charge is 2.23. The van der Waals surface area contributed by atoms with Crippen LogP contribution in [0.3, 0.4) is 0 Å². The van der Waals surface area contributed by atoms with Crippen LogP contribution in [0.15, 0.2) is 29.2 Å². The SMILES string of the molecule is CC1CCC(CCNC2CSc3ccccc32)CC1. The Bertz CT molecular complexity index is 409. The van der Waals surface area contributed by atoms with Crippen molar-refractivity contribution in [1.29, 1.82) is 0 Å². The minimum atomic E-state index is 0.587. The van der Waals surface area contributed by atoms with Gasteiger partial charge in [-0.15, -0.1) is 11.8 Å². The third-order valence-electron chi connectivity index (χ3n) is 4.78. The first-order chi connectivity index (χ1) is 9.33. The molecule has 2 aliphatic rings. The number of fused-ring (bicyclic) bond motifs is 1. The fourth-order valence-electron chi connectivity index (χ4n) is 3.41. The van der Waals surface area contributed by atoms with E-state index in [1.165, 1.54) is 54.9 Å². The van der Waals surface area contributed by atoms with Crippen LogP contribution in [0.25, 0.3) is 0 Å². The Morgan fingerprint density at radius 2 is 1.95 bits per heavy atom. The van der Waals surface area contributed by atoms with Crippen LogP contribution in [0.5, 0.6) is 0 Å². The van der Waals surface area contributed by atoms with Gasteiger partial charge in [-0.05, 0) is 36.4 Å². The molecule has 104 valence electrons. The molecule has 1 unspecified atom stereocenters. The normalized spacial score (nSPS) is 30.3. The second kappa shape index (κ2) is 6.32. The molecular weight excluding hydrogens is 250 g/mol. The Hall–Kier alpha value is -0.470. The topological polar surface area (TPSA) is 12.0 Å². The van der Waals surface area contributed by atoms with Crippen LogP contribution in [-0.2, 0) is 0 Å². The van der Waals surface area contributed by atoms with Gasteiger partial charge in [0.2, 0.25) is 0 Å². The Labute approximate surface area is 121 Å². The van der Waals surface area contributed by atoms with Gasteiger partial charge in [0.05, 0.1) is 0 Å². The summed E-state index contributed by atoms with van der Waals surface area (Å²) in [7, 11) is 0. The van der Waals surface area contributed by atoms with E-state index in [9.17, 15) is 0 Å². The van der Waals surface area contributed by atoms with Gasteiger partial charge in [-0.2, -0.15) is 0 Å². The van der Waals surface area contributed by atoms with Gasteiger partial charge in [0, 0.05) is 16.7 Å². The second-order valence-corrected chi connectivity index (χ2v) is 7.33. The molecule has 1 aliphatic carbocycles. The molecule has 0 spiro atoms. The number of benzene rings is 1. The van der Waals surface area contributed by atoms with E-state index in [0.29, 0.717) is 6.04 Å². The number of hydrogen-bond acceptors (Lipinski definition) is 2. The van der Waals surface area contributed by atoms with Crippen molar-refractivity contribution in [3.8, 4) is 0 Å². The molecule has 0 bridgehead atoms. The molecule has 0 radical (unpaired) electrons. The maximum atomic E-state index is 3.78. The molecule has 1 N–H and O–H groups in total. The summed E-state index contributed by atoms with van der Waals surface area (Å²) in [4.78, 5) is 1.48. The van der Waals surface area contributed by atoms with Crippen LogP contribution < -0.4 is 5.32 Å². The zero-order valence-electron chi connectivity index (χ0n) is 11.9. The van der Waals surface area contributed by atoms with Gasteiger partial charge >= 0.3 is 0 Å². The van der Waals surface area contributed by atoms with Crippen molar-refractivity contribution in [2.45, 2.75) is 50.0 Å². The Morgan fingerprint density at radius 3 is 2.79 bits per heavy atom. The van der Waals surface area contributed by atoms with E-state index >= 15 is 0 Å². The van der Waals surface area contributed by atoms with Crippen molar-refractivity contribution in [3.05, 3.63) is 29.8 Å². The zero-order valence-corrected chi connectivity index (χ0v) is 12.7. The first-order valence-electron chi connectivity index (χ1n) is 7.78. The molecule has 2 heteroatoms. The molecule has 1 aromatic carbocycles. The lowest BCUT2D eigenvalue weighted by atomic mass is 9.81. The van der Waals surface area contributed by atoms with Crippen molar-refractivity contribution in [3.63, 3.8) is 0 Å². The molecule has 0 saturated heterocycles. The van der Waals surface area contributed by atoms with Crippen LogP contribution in [0.4, 0.5) is 0 Å². The molecular formula is C17H25NS. The van der Waals surface area contributed by atoms with Gasteiger partial charge in [0.1, 0.15) is 0 Å². The van der Waals surface area contributed by atoms with Crippen LogP contribution >= 0.6 is 11.8 Å². The van der Waals surface area contributed by atoms with Crippen LogP contribution in [0.1, 0.15) is 50.6 Å². The fourth-order valence-corrected chi connectivity index (χ4v) is 4.61. The predicted molar refractivity (Wildman–Crippen MR) is 83.6 cm³/mol. The maximum Gasteiger partial charge on any atom is 0.0426 e. The van der Waals surface area contributed by atoms with Crippen molar-refractivity contribution < 1.29 is 0 Å². The lowest BCUT2D eigenvalue weighted by Gasteiger charge is -2.26. The minimum absolute atomic E-state index is 0.587. The monoisotopic (exact) mass is 275 g/mol. The lowest BCUT2D eigenvalue weighted by molar-refractivity contribution is 0.273. The molecule has 1 nitrogen and oxygen atoms in total. The van der Waals surface area contributed by atoms with E-state index in [4.69, 9.17) is 0 Å². The summed E-state index contributed by atoms with van der Waals surface area (Å²) >= 11 is 2.00. The first-order valence-corrected chi connectivity index (χ1v) is 8.76. The van der Waals surface area contributed by atoms with E-state index in [0.717, 1.165) is 11.8 Å². The van der Waals surface area contributed by atoms with Gasteiger partial charge in [0.15, 0.2) is 0 Å². The standard InChI is InChI=1S/C17H25NS/c1-13-6-8-14(9-7-13)10-11-18-16-12-19-17-5-3-2-4-15(16)17/h2-5,13-14,16,18H,6-12H2,1H3. The average Bonchev–Trinajstić information content (AvgIpc) is 2.85. The second-order valence-electron chi connectivity index (χ2n) is 6.27. The van der Waals surface area contributed by atoms with Crippen LogP contribution in [-0.4, -0.2) is 12.3 Å². The van der Waals surface area contributed by atoms with Crippen molar-refractivity contribution >= 4 is 11.8 Å². The lowest BCUT2D eigenvalue weighted by Crippen LogP contribution is -2.25. The predicted octanol–water partition coefficient (Wildman–Crippen LogP) is 4.64. The summed E-state index contributed by atoms with van der Waals surface area (Å²) in [6.45, 7) is 3.60. The van der Waals surface area contributed by atoms with E-state index in [1.54, 1.807) is 0 Å². The number of hydrogen-bond donors (Lipinski definition) is 1.